The standard InChI is InChI=1S/C26H29N3O2/c30-25-14-8-7-13-24(25)29-17-15-28(16-18-29)20-26(31)27-23(22-11-5-2-6-12-22)19-21-9-3-1-4-10-21/h1-14,23,30H,15-20H2,(H,27,31). The quantitative estimate of drug-likeness (QED) is 0.619. The van der Waals surface area contributed by atoms with Crippen molar-refractivity contribution in [2.24, 2.45) is 0 Å². The fourth-order valence-electron chi connectivity index (χ4n) is 4.11. The van der Waals surface area contributed by atoms with E-state index in [0.717, 1.165) is 43.9 Å². The SMILES string of the molecule is O=C(CN1CCN(c2ccccc2O)CC1)NC(Cc1ccccc1)c1ccccc1. The zero-order valence-electron chi connectivity index (χ0n) is 17.7. The third-order valence-corrected chi connectivity index (χ3v) is 5.78. The van der Waals surface area contributed by atoms with Gasteiger partial charge >= 0.3 is 0 Å². The molecule has 3 aromatic carbocycles. The summed E-state index contributed by atoms with van der Waals surface area (Å²) in [6.07, 6.45) is 0.762. The smallest absolute Gasteiger partial charge is 0.234 e. The molecule has 0 aliphatic carbocycles. The summed E-state index contributed by atoms with van der Waals surface area (Å²) >= 11 is 0. The molecule has 1 atom stereocenters. The van der Waals surface area contributed by atoms with Crippen molar-refractivity contribution in [1.29, 1.82) is 0 Å². The van der Waals surface area contributed by atoms with Crippen LogP contribution in [-0.2, 0) is 11.2 Å². The van der Waals surface area contributed by atoms with Crippen molar-refractivity contribution in [2.75, 3.05) is 37.6 Å². The summed E-state index contributed by atoms with van der Waals surface area (Å²) < 4.78 is 0. The van der Waals surface area contributed by atoms with Gasteiger partial charge in [-0.3, -0.25) is 9.69 Å². The van der Waals surface area contributed by atoms with Crippen LogP contribution in [0.3, 0.4) is 0 Å². The van der Waals surface area contributed by atoms with E-state index in [2.05, 4.69) is 39.4 Å². The fraction of sp³-hybridized carbons (Fsp3) is 0.269. The topological polar surface area (TPSA) is 55.8 Å². The van der Waals surface area contributed by atoms with E-state index in [4.69, 9.17) is 0 Å². The lowest BCUT2D eigenvalue weighted by molar-refractivity contribution is -0.123. The Labute approximate surface area is 183 Å². The second-order valence-electron chi connectivity index (χ2n) is 7.97. The number of anilines is 1. The lowest BCUT2D eigenvalue weighted by atomic mass is 9.99. The summed E-state index contributed by atoms with van der Waals surface area (Å²) in [6.45, 7) is 3.54. The fourth-order valence-corrected chi connectivity index (χ4v) is 4.11. The van der Waals surface area contributed by atoms with Gasteiger partial charge in [0.15, 0.2) is 0 Å². The molecule has 1 fully saturated rings. The third kappa shape index (κ3) is 5.64. The number of nitrogens with zero attached hydrogens (tertiary/aromatic N) is 2. The van der Waals surface area contributed by atoms with Gasteiger partial charge < -0.3 is 15.3 Å². The molecule has 1 aliphatic heterocycles. The van der Waals surface area contributed by atoms with Crippen LogP contribution in [0.15, 0.2) is 84.9 Å². The van der Waals surface area contributed by atoms with Gasteiger partial charge in [-0.15, -0.1) is 0 Å². The second kappa shape index (κ2) is 10.1. The number of rotatable bonds is 7. The zero-order valence-corrected chi connectivity index (χ0v) is 17.7. The predicted molar refractivity (Wildman–Crippen MR) is 124 cm³/mol. The van der Waals surface area contributed by atoms with Crippen molar-refractivity contribution >= 4 is 11.6 Å². The van der Waals surface area contributed by atoms with Gasteiger partial charge in [-0.25, -0.2) is 0 Å². The number of hydrogen-bond donors (Lipinski definition) is 2. The van der Waals surface area contributed by atoms with E-state index in [1.807, 2.05) is 54.6 Å². The highest BCUT2D eigenvalue weighted by Crippen LogP contribution is 2.27. The molecular formula is C26H29N3O2. The van der Waals surface area contributed by atoms with Crippen molar-refractivity contribution in [3.8, 4) is 5.75 Å². The Balaban J connectivity index is 1.34. The van der Waals surface area contributed by atoms with Crippen LogP contribution in [0.2, 0.25) is 0 Å². The van der Waals surface area contributed by atoms with Crippen molar-refractivity contribution in [1.82, 2.24) is 10.2 Å². The largest absolute Gasteiger partial charge is 0.506 e. The van der Waals surface area contributed by atoms with E-state index in [9.17, 15) is 9.90 Å². The molecule has 2 N–H and O–H groups in total. The van der Waals surface area contributed by atoms with Crippen LogP contribution in [0.5, 0.6) is 5.75 Å². The van der Waals surface area contributed by atoms with Crippen LogP contribution in [-0.4, -0.2) is 48.6 Å². The molecule has 0 radical (unpaired) electrons. The van der Waals surface area contributed by atoms with Gasteiger partial charge in [0.05, 0.1) is 18.3 Å². The molecule has 1 saturated heterocycles. The third-order valence-electron chi connectivity index (χ3n) is 5.78. The van der Waals surface area contributed by atoms with Crippen molar-refractivity contribution in [2.45, 2.75) is 12.5 Å². The first-order valence-electron chi connectivity index (χ1n) is 10.8. The monoisotopic (exact) mass is 415 g/mol. The van der Waals surface area contributed by atoms with Crippen LogP contribution in [0, 0.1) is 0 Å². The molecule has 1 unspecified atom stereocenters. The van der Waals surface area contributed by atoms with Crippen LogP contribution in [0.4, 0.5) is 5.69 Å². The molecule has 4 rings (SSSR count). The average Bonchev–Trinajstić information content (AvgIpc) is 2.81. The summed E-state index contributed by atoms with van der Waals surface area (Å²) in [6, 6.07) is 27.8. The number of piperazine rings is 1. The van der Waals surface area contributed by atoms with E-state index < -0.39 is 0 Å². The maximum absolute atomic E-state index is 12.9. The number of carbonyl (C=O) groups is 1. The maximum Gasteiger partial charge on any atom is 0.234 e. The summed E-state index contributed by atoms with van der Waals surface area (Å²) in [5, 5.41) is 13.3. The number of phenolic OH excluding ortho intramolecular Hbond substituents is 1. The van der Waals surface area contributed by atoms with E-state index in [1.54, 1.807) is 6.07 Å². The molecule has 1 aliphatic rings. The van der Waals surface area contributed by atoms with Crippen LogP contribution in [0.25, 0.3) is 0 Å². The summed E-state index contributed by atoms with van der Waals surface area (Å²) in [5.41, 5.74) is 3.18. The van der Waals surface area contributed by atoms with Gasteiger partial charge in [0.1, 0.15) is 5.75 Å². The molecule has 3 aromatic rings. The van der Waals surface area contributed by atoms with E-state index >= 15 is 0 Å². The first kappa shape index (κ1) is 20.9. The molecular weight excluding hydrogens is 386 g/mol. The Morgan fingerprint density at radius 1 is 0.839 bits per heavy atom. The van der Waals surface area contributed by atoms with E-state index in [1.165, 1.54) is 5.56 Å². The zero-order chi connectivity index (χ0) is 21.5. The Hall–Kier alpha value is -3.31. The second-order valence-corrected chi connectivity index (χ2v) is 7.97. The number of phenols is 1. The molecule has 0 saturated carbocycles. The minimum atomic E-state index is -0.0568. The van der Waals surface area contributed by atoms with Crippen molar-refractivity contribution in [3.05, 3.63) is 96.1 Å². The molecule has 0 bridgehead atoms. The lowest BCUT2D eigenvalue weighted by Crippen LogP contribution is -2.50. The summed E-state index contributed by atoms with van der Waals surface area (Å²) in [5.74, 6) is 0.348. The van der Waals surface area contributed by atoms with Gasteiger partial charge in [0.2, 0.25) is 5.91 Å². The van der Waals surface area contributed by atoms with Crippen molar-refractivity contribution in [3.63, 3.8) is 0 Å². The summed E-state index contributed by atoms with van der Waals surface area (Å²) in [4.78, 5) is 17.2. The van der Waals surface area contributed by atoms with Gasteiger partial charge in [-0.2, -0.15) is 0 Å². The number of nitrogens with one attached hydrogen (secondary N) is 1. The van der Waals surface area contributed by atoms with Crippen LogP contribution in [0.1, 0.15) is 17.2 Å². The van der Waals surface area contributed by atoms with E-state index in [-0.39, 0.29) is 11.9 Å². The average molecular weight is 416 g/mol. The molecule has 31 heavy (non-hydrogen) atoms. The minimum absolute atomic E-state index is 0.0424. The Bertz CT molecular complexity index is 970. The van der Waals surface area contributed by atoms with Gasteiger partial charge in [-0.1, -0.05) is 72.8 Å². The van der Waals surface area contributed by atoms with Gasteiger partial charge in [-0.05, 0) is 29.7 Å². The molecule has 0 spiro atoms. The van der Waals surface area contributed by atoms with Crippen LogP contribution < -0.4 is 10.2 Å². The van der Waals surface area contributed by atoms with Crippen molar-refractivity contribution < 1.29 is 9.90 Å². The molecule has 0 aromatic heterocycles. The first-order valence-corrected chi connectivity index (χ1v) is 10.8. The predicted octanol–water partition coefficient (Wildman–Crippen LogP) is 3.61. The normalized spacial score (nSPS) is 15.4. The Morgan fingerprint density at radius 3 is 2.13 bits per heavy atom. The molecule has 5 heteroatoms. The first-order chi connectivity index (χ1) is 15.2. The number of aromatic hydroxyl groups is 1. The minimum Gasteiger partial charge on any atom is -0.506 e. The van der Waals surface area contributed by atoms with E-state index in [0.29, 0.717) is 12.3 Å². The Kier molecular flexibility index (Phi) is 6.85. The maximum atomic E-state index is 12.9. The highest BCUT2D eigenvalue weighted by Gasteiger charge is 2.22. The molecule has 5 nitrogen and oxygen atoms in total. The summed E-state index contributed by atoms with van der Waals surface area (Å²) in [7, 11) is 0. The highest BCUT2D eigenvalue weighted by molar-refractivity contribution is 5.78. The lowest BCUT2D eigenvalue weighted by Gasteiger charge is -2.36. The number of para-hydroxylation sites is 2. The molecule has 1 amide bonds. The Morgan fingerprint density at radius 2 is 1.45 bits per heavy atom. The van der Waals surface area contributed by atoms with Crippen LogP contribution >= 0.6 is 0 Å². The number of hydrogen-bond acceptors (Lipinski definition) is 4. The number of amides is 1. The van der Waals surface area contributed by atoms with Gasteiger partial charge in [0, 0.05) is 26.2 Å². The number of benzene rings is 3. The molecule has 160 valence electrons. The van der Waals surface area contributed by atoms with Gasteiger partial charge in [0.25, 0.3) is 0 Å². The number of carbonyl (C=O) groups excluding carboxylic acids is 1. The molecule has 1 heterocycles. The highest BCUT2D eigenvalue weighted by atomic mass is 16.3.